The molecule has 3 aliphatic rings. The van der Waals surface area contributed by atoms with Crippen molar-refractivity contribution in [1.29, 1.82) is 0 Å². The van der Waals surface area contributed by atoms with Crippen LogP contribution in [0.25, 0.3) is 0 Å². The summed E-state index contributed by atoms with van der Waals surface area (Å²) in [6.45, 7) is 0.811. The minimum atomic E-state index is -0.692. The van der Waals surface area contributed by atoms with Crippen molar-refractivity contribution in [2.45, 2.75) is 50.2 Å². The first-order valence-electron chi connectivity index (χ1n) is 10.6. The number of carbonyl (C=O) groups excluding carboxylic acids is 1. The van der Waals surface area contributed by atoms with E-state index >= 15 is 0 Å². The number of fused-ring (bicyclic) bond motifs is 2. The van der Waals surface area contributed by atoms with E-state index < -0.39 is 5.60 Å². The molecule has 152 valence electrons. The Labute approximate surface area is 171 Å². The second-order valence-corrected chi connectivity index (χ2v) is 8.51. The van der Waals surface area contributed by atoms with E-state index in [0.29, 0.717) is 19.4 Å². The van der Waals surface area contributed by atoms with E-state index in [9.17, 15) is 9.90 Å². The molecule has 0 bridgehead atoms. The highest BCUT2D eigenvalue weighted by molar-refractivity contribution is 5.79. The molecule has 2 fully saturated rings. The van der Waals surface area contributed by atoms with Crippen LogP contribution < -0.4 is 9.47 Å². The van der Waals surface area contributed by atoms with Crippen molar-refractivity contribution >= 4 is 5.91 Å². The van der Waals surface area contributed by atoms with Crippen LogP contribution in [0.5, 0.6) is 11.5 Å². The molecule has 5 rings (SSSR count). The first kappa shape index (κ1) is 18.5. The first-order chi connectivity index (χ1) is 14.1. The van der Waals surface area contributed by atoms with Gasteiger partial charge in [0.05, 0.1) is 18.1 Å². The van der Waals surface area contributed by atoms with E-state index in [0.717, 1.165) is 48.3 Å². The van der Waals surface area contributed by atoms with Gasteiger partial charge in [-0.25, -0.2) is 0 Å². The van der Waals surface area contributed by atoms with Crippen molar-refractivity contribution in [2.75, 3.05) is 13.3 Å². The minimum Gasteiger partial charge on any atom is -0.454 e. The summed E-state index contributed by atoms with van der Waals surface area (Å²) in [4.78, 5) is 15.3. The molecule has 2 aromatic rings. The molecule has 1 amide bonds. The lowest BCUT2D eigenvalue weighted by Gasteiger charge is -2.52. The second-order valence-electron chi connectivity index (χ2n) is 8.51. The zero-order chi connectivity index (χ0) is 19.8. The van der Waals surface area contributed by atoms with Crippen molar-refractivity contribution in [2.24, 2.45) is 5.92 Å². The van der Waals surface area contributed by atoms with Gasteiger partial charge >= 0.3 is 0 Å². The third kappa shape index (κ3) is 3.38. The SMILES string of the molecule is O=C(Cc1ccccc1)N1CC[C@]2(O)CCCC[C@@H]2[C@H]1c1ccc2c(c1)OCO2. The maximum atomic E-state index is 13.4. The number of amides is 1. The van der Waals surface area contributed by atoms with Gasteiger partial charge in [0.2, 0.25) is 12.7 Å². The largest absolute Gasteiger partial charge is 0.454 e. The van der Waals surface area contributed by atoms with Crippen molar-refractivity contribution in [3.8, 4) is 11.5 Å². The fraction of sp³-hybridized carbons (Fsp3) is 0.458. The number of piperidine rings is 1. The molecule has 0 radical (unpaired) electrons. The van der Waals surface area contributed by atoms with Crippen LogP contribution >= 0.6 is 0 Å². The van der Waals surface area contributed by atoms with Gasteiger partial charge in [0, 0.05) is 12.5 Å². The van der Waals surface area contributed by atoms with Crippen molar-refractivity contribution < 1.29 is 19.4 Å². The summed E-state index contributed by atoms with van der Waals surface area (Å²) in [5, 5.41) is 11.4. The number of benzene rings is 2. The molecule has 5 nitrogen and oxygen atoms in total. The highest BCUT2D eigenvalue weighted by Gasteiger charge is 2.50. The number of rotatable bonds is 3. The average molecular weight is 393 g/mol. The molecule has 1 saturated heterocycles. The second kappa shape index (κ2) is 7.38. The van der Waals surface area contributed by atoms with E-state index in [-0.39, 0.29) is 24.7 Å². The number of aliphatic hydroxyl groups is 1. The Morgan fingerprint density at radius 1 is 1.07 bits per heavy atom. The third-order valence-electron chi connectivity index (χ3n) is 6.82. The van der Waals surface area contributed by atoms with Crippen LogP contribution in [0.2, 0.25) is 0 Å². The van der Waals surface area contributed by atoms with E-state index in [1.165, 1.54) is 0 Å². The van der Waals surface area contributed by atoms with Gasteiger partial charge in [-0.1, -0.05) is 49.2 Å². The number of hydrogen-bond donors (Lipinski definition) is 1. The number of carbonyl (C=O) groups is 1. The quantitative estimate of drug-likeness (QED) is 0.861. The van der Waals surface area contributed by atoms with Gasteiger partial charge in [0.1, 0.15) is 0 Å². The van der Waals surface area contributed by atoms with Crippen LogP contribution in [-0.2, 0) is 11.2 Å². The normalized spacial score (nSPS) is 28.1. The standard InChI is InChI=1S/C24H27NO4/c26-22(14-17-6-2-1-3-7-17)25-13-12-24(27)11-5-4-8-19(24)23(25)18-9-10-20-21(15-18)29-16-28-20/h1-3,6-7,9-10,15,19,23,27H,4-5,8,11-14,16H2/t19-,23-,24-/m1/s1. The lowest BCUT2D eigenvalue weighted by Crippen LogP contribution is -2.56. The van der Waals surface area contributed by atoms with Gasteiger partial charge in [-0.3, -0.25) is 4.79 Å². The summed E-state index contributed by atoms with van der Waals surface area (Å²) in [6.07, 6.45) is 4.93. The summed E-state index contributed by atoms with van der Waals surface area (Å²) in [5.41, 5.74) is 1.36. The number of hydrogen-bond acceptors (Lipinski definition) is 4. The maximum absolute atomic E-state index is 13.4. The monoisotopic (exact) mass is 393 g/mol. The average Bonchev–Trinajstić information content (AvgIpc) is 3.21. The summed E-state index contributed by atoms with van der Waals surface area (Å²) < 4.78 is 11.1. The van der Waals surface area contributed by atoms with Gasteiger partial charge in [0.15, 0.2) is 11.5 Å². The number of ether oxygens (including phenoxy) is 2. The highest BCUT2D eigenvalue weighted by atomic mass is 16.7. The van der Waals surface area contributed by atoms with E-state index in [1.54, 1.807) is 0 Å². The third-order valence-corrected chi connectivity index (χ3v) is 6.82. The van der Waals surface area contributed by atoms with Gasteiger partial charge in [-0.15, -0.1) is 0 Å². The fourth-order valence-corrected chi connectivity index (χ4v) is 5.34. The number of nitrogens with zero attached hydrogens (tertiary/aromatic N) is 1. The van der Waals surface area contributed by atoms with E-state index in [4.69, 9.17) is 9.47 Å². The Kier molecular flexibility index (Phi) is 4.70. The van der Waals surface area contributed by atoms with Gasteiger partial charge in [-0.05, 0) is 42.5 Å². The predicted octanol–water partition coefficient (Wildman–Crippen LogP) is 3.85. The molecular weight excluding hydrogens is 366 g/mol. The zero-order valence-electron chi connectivity index (χ0n) is 16.5. The first-order valence-corrected chi connectivity index (χ1v) is 10.6. The van der Waals surface area contributed by atoms with E-state index in [2.05, 4.69) is 0 Å². The minimum absolute atomic E-state index is 0.0464. The number of likely N-dealkylation sites (tertiary alicyclic amines) is 1. The Bertz CT molecular complexity index is 899. The van der Waals surface area contributed by atoms with Crippen LogP contribution in [0.4, 0.5) is 0 Å². The molecule has 0 unspecified atom stereocenters. The molecule has 1 N–H and O–H groups in total. The van der Waals surface area contributed by atoms with Crippen LogP contribution in [-0.4, -0.2) is 34.9 Å². The predicted molar refractivity (Wildman–Crippen MR) is 109 cm³/mol. The topological polar surface area (TPSA) is 59.0 Å². The van der Waals surface area contributed by atoms with Crippen LogP contribution in [0.15, 0.2) is 48.5 Å². The Morgan fingerprint density at radius 2 is 1.90 bits per heavy atom. The smallest absolute Gasteiger partial charge is 0.231 e. The lowest BCUT2D eigenvalue weighted by molar-refractivity contribution is -0.154. The van der Waals surface area contributed by atoms with Gasteiger partial charge in [-0.2, -0.15) is 0 Å². The van der Waals surface area contributed by atoms with Crippen LogP contribution in [0, 0.1) is 5.92 Å². The Hall–Kier alpha value is -2.53. The van der Waals surface area contributed by atoms with E-state index in [1.807, 2.05) is 53.4 Å². The zero-order valence-corrected chi connectivity index (χ0v) is 16.5. The van der Waals surface area contributed by atoms with Crippen molar-refractivity contribution in [3.63, 3.8) is 0 Å². The molecule has 1 aliphatic carbocycles. The summed E-state index contributed by atoms with van der Waals surface area (Å²) >= 11 is 0. The fourth-order valence-electron chi connectivity index (χ4n) is 5.34. The molecule has 0 aromatic heterocycles. The summed E-state index contributed by atoms with van der Waals surface area (Å²) in [6, 6.07) is 15.7. The highest BCUT2D eigenvalue weighted by Crippen LogP contribution is 2.50. The maximum Gasteiger partial charge on any atom is 0.231 e. The molecule has 5 heteroatoms. The summed E-state index contributed by atoms with van der Waals surface area (Å²) in [5.74, 6) is 1.63. The lowest BCUT2D eigenvalue weighted by atomic mass is 9.66. The Balaban J connectivity index is 1.50. The molecule has 2 aromatic carbocycles. The summed E-state index contributed by atoms with van der Waals surface area (Å²) in [7, 11) is 0. The van der Waals surface area contributed by atoms with Crippen LogP contribution in [0.1, 0.15) is 49.3 Å². The van der Waals surface area contributed by atoms with Crippen LogP contribution in [0.3, 0.4) is 0 Å². The van der Waals surface area contributed by atoms with Gasteiger partial charge < -0.3 is 19.5 Å². The van der Waals surface area contributed by atoms with Gasteiger partial charge in [0.25, 0.3) is 0 Å². The molecule has 3 atom stereocenters. The molecule has 1 saturated carbocycles. The van der Waals surface area contributed by atoms with Crippen molar-refractivity contribution in [1.82, 2.24) is 4.90 Å². The molecule has 0 spiro atoms. The molecule has 2 heterocycles. The molecule has 29 heavy (non-hydrogen) atoms. The van der Waals surface area contributed by atoms with Crippen molar-refractivity contribution in [3.05, 3.63) is 59.7 Å². The Morgan fingerprint density at radius 3 is 2.76 bits per heavy atom. The molecular formula is C24H27NO4. The molecule has 2 aliphatic heterocycles.